The Bertz CT molecular complexity index is 596. The molecule has 6 fully saturated rings. The van der Waals surface area contributed by atoms with E-state index < -0.39 is 5.54 Å². The summed E-state index contributed by atoms with van der Waals surface area (Å²) < 4.78 is 0. The minimum atomic E-state index is -0.516. The molecule has 5 nitrogen and oxygen atoms in total. The number of carbonyl (C=O) groups is 2. The second kappa shape index (κ2) is 7.00. The number of likely N-dealkylation sites (tertiary alicyclic amines) is 2. The summed E-state index contributed by atoms with van der Waals surface area (Å²) >= 11 is 0. The van der Waals surface area contributed by atoms with Crippen LogP contribution in [0, 0.1) is 23.2 Å². The molecule has 2 N–H and O–H groups in total. The number of nitrogens with two attached hydrogens (primary N) is 1. The second-order valence-corrected chi connectivity index (χ2v) is 10.9. The topological polar surface area (TPSA) is 66.6 Å². The highest BCUT2D eigenvalue weighted by Crippen LogP contribution is 2.61. The van der Waals surface area contributed by atoms with Crippen molar-refractivity contribution in [3.8, 4) is 0 Å². The molecule has 156 valence electrons. The molecule has 28 heavy (non-hydrogen) atoms. The van der Waals surface area contributed by atoms with E-state index in [-0.39, 0.29) is 5.91 Å². The Balaban J connectivity index is 1.23. The molecule has 6 rings (SSSR count). The van der Waals surface area contributed by atoms with Gasteiger partial charge in [-0.15, -0.1) is 0 Å². The highest BCUT2D eigenvalue weighted by molar-refractivity contribution is 5.85. The molecule has 0 aromatic rings. The van der Waals surface area contributed by atoms with E-state index in [4.69, 9.17) is 5.73 Å². The lowest BCUT2D eigenvalue weighted by Crippen LogP contribution is -2.64. The van der Waals surface area contributed by atoms with Crippen LogP contribution in [0.15, 0.2) is 0 Å². The Morgan fingerprint density at radius 1 is 0.821 bits per heavy atom. The van der Waals surface area contributed by atoms with Gasteiger partial charge < -0.3 is 10.6 Å². The van der Waals surface area contributed by atoms with Gasteiger partial charge in [-0.1, -0.05) is 6.42 Å². The van der Waals surface area contributed by atoms with Crippen molar-refractivity contribution in [2.75, 3.05) is 26.2 Å². The number of hydrogen-bond donors (Lipinski definition) is 1. The minimum Gasteiger partial charge on any atom is -0.368 e. The maximum absolute atomic E-state index is 13.2. The van der Waals surface area contributed by atoms with E-state index in [0.29, 0.717) is 24.4 Å². The number of primary amides is 1. The number of hydrogen-bond acceptors (Lipinski definition) is 3. The van der Waals surface area contributed by atoms with Crippen molar-refractivity contribution in [3.05, 3.63) is 0 Å². The zero-order valence-corrected chi connectivity index (χ0v) is 17.3. The third kappa shape index (κ3) is 3.18. The van der Waals surface area contributed by atoms with Gasteiger partial charge in [0.25, 0.3) is 0 Å². The first-order chi connectivity index (χ1) is 13.5. The maximum Gasteiger partial charge on any atom is 0.238 e. The second-order valence-electron chi connectivity index (χ2n) is 10.9. The molecule has 0 spiro atoms. The molecule has 2 heterocycles. The minimum absolute atomic E-state index is 0.178. The van der Waals surface area contributed by atoms with Crippen LogP contribution >= 0.6 is 0 Å². The molecule has 2 amide bonds. The molecule has 0 radical (unpaired) electrons. The molecule has 2 aliphatic heterocycles. The van der Waals surface area contributed by atoms with E-state index in [9.17, 15) is 9.59 Å². The molecule has 0 aromatic heterocycles. The highest BCUT2D eigenvalue weighted by atomic mass is 16.2. The lowest BCUT2D eigenvalue weighted by Gasteiger charge is -2.57. The molecule has 4 bridgehead atoms. The summed E-state index contributed by atoms with van der Waals surface area (Å²) in [6.07, 6.45) is 13.9. The van der Waals surface area contributed by atoms with E-state index in [0.717, 1.165) is 62.9 Å². The van der Waals surface area contributed by atoms with Crippen molar-refractivity contribution in [3.63, 3.8) is 0 Å². The molecule has 5 heteroatoms. The van der Waals surface area contributed by atoms with E-state index >= 15 is 0 Å². The van der Waals surface area contributed by atoms with Gasteiger partial charge in [-0.2, -0.15) is 0 Å². The van der Waals surface area contributed by atoms with Crippen LogP contribution in [-0.2, 0) is 9.59 Å². The first-order valence-corrected chi connectivity index (χ1v) is 11.8. The smallest absolute Gasteiger partial charge is 0.238 e. The van der Waals surface area contributed by atoms with Gasteiger partial charge in [0.05, 0.1) is 0 Å². The van der Waals surface area contributed by atoms with E-state index in [1.807, 2.05) is 0 Å². The average molecular weight is 388 g/mol. The fraction of sp³-hybridized carbons (Fsp3) is 0.913. The quantitative estimate of drug-likeness (QED) is 0.806. The highest BCUT2D eigenvalue weighted by Gasteiger charge is 2.52. The zero-order chi connectivity index (χ0) is 19.4. The standard InChI is InChI=1S/C23H37N3O2/c24-21(28)23(26-6-2-1-3-7-26)4-8-25(9-5-23)20(27)16-22-13-17-10-18(14-22)12-19(11-17)15-22/h17-19H,1-16H2,(H2,24,28). The van der Waals surface area contributed by atoms with E-state index in [2.05, 4.69) is 9.80 Å². The Morgan fingerprint density at radius 3 is 1.86 bits per heavy atom. The summed E-state index contributed by atoms with van der Waals surface area (Å²) in [5.74, 6) is 2.84. The molecule has 2 saturated heterocycles. The van der Waals surface area contributed by atoms with Gasteiger partial charge in [0, 0.05) is 19.5 Å². The van der Waals surface area contributed by atoms with Crippen LogP contribution in [0.25, 0.3) is 0 Å². The van der Waals surface area contributed by atoms with Crippen LogP contribution < -0.4 is 5.73 Å². The molecular weight excluding hydrogens is 350 g/mol. The van der Waals surface area contributed by atoms with E-state index in [1.165, 1.54) is 44.9 Å². The van der Waals surface area contributed by atoms with Crippen LogP contribution in [0.5, 0.6) is 0 Å². The van der Waals surface area contributed by atoms with Gasteiger partial charge in [0.2, 0.25) is 11.8 Å². The normalized spacial score (nSPS) is 39.9. The number of piperidine rings is 2. The third-order valence-electron chi connectivity index (χ3n) is 9.05. The van der Waals surface area contributed by atoms with Crippen LogP contribution in [-0.4, -0.2) is 53.3 Å². The van der Waals surface area contributed by atoms with Gasteiger partial charge in [-0.05, 0) is 100 Å². The van der Waals surface area contributed by atoms with Crippen molar-refractivity contribution in [2.24, 2.45) is 28.9 Å². The van der Waals surface area contributed by atoms with Crippen molar-refractivity contribution in [2.45, 2.75) is 82.6 Å². The SMILES string of the molecule is NC(=O)C1(N2CCCCC2)CCN(C(=O)CC23CC4CC(CC(C4)C2)C3)CC1. The Hall–Kier alpha value is -1.10. The van der Waals surface area contributed by atoms with Gasteiger partial charge >= 0.3 is 0 Å². The summed E-state index contributed by atoms with van der Waals surface area (Å²) in [5, 5.41) is 0. The van der Waals surface area contributed by atoms with Crippen LogP contribution in [0.4, 0.5) is 0 Å². The molecule has 4 aliphatic carbocycles. The van der Waals surface area contributed by atoms with Gasteiger partial charge in [-0.25, -0.2) is 0 Å². The zero-order valence-electron chi connectivity index (χ0n) is 17.3. The molecule has 4 saturated carbocycles. The number of amides is 2. The fourth-order valence-electron chi connectivity index (χ4n) is 8.11. The molecule has 6 aliphatic rings. The Labute approximate surface area is 169 Å². The van der Waals surface area contributed by atoms with Crippen molar-refractivity contribution >= 4 is 11.8 Å². The first-order valence-electron chi connectivity index (χ1n) is 11.8. The van der Waals surface area contributed by atoms with Crippen molar-refractivity contribution in [1.82, 2.24) is 9.80 Å². The largest absolute Gasteiger partial charge is 0.368 e. The third-order valence-corrected chi connectivity index (χ3v) is 9.05. The van der Waals surface area contributed by atoms with Crippen LogP contribution in [0.3, 0.4) is 0 Å². The number of nitrogens with zero attached hydrogens (tertiary/aromatic N) is 2. The molecular formula is C23H37N3O2. The monoisotopic (exact) mass is 387 g/mol. The Morgan fingerprint density at radius 2 is 1.36 bits per heavy atom. The maximum atomic E-state index is 13.2. The van der Waals surface area contributed by atoms with E-state index in [1.54, 1.807) is 0 Å². The lowest BCUT2D eigenvalue weighted by molar-refractivity contribution is -0.146. The van der Waals surface area contributed by atoms with Gasteiger partial charge in [0.1, 0.15) is 5.54 Å². The summed E-state index contributed by atoms with van der Waals surface area (Å²) in [6, 6.07) is 0. The number of carbonyl (C=O) groups excluding carboxylic acids is 2. The summed E-state index contributed by atoms with van der Waals surface area (Å²) in [6.45, 7) is 3.35. The lowest BCUT2D eigenvalue weighted by atomic mass is 9.49. The van der Waals surface area contributed by atoms with Crippen molar-refractivity contribution in [1.29, 1.82) is 0 Å². The summed E-state index contributed by atoms with van der Waals surface area (Å²) in [4.78, 5) is 30.1. The first kappa shape index (κ1) is 18.9. The van der Waals surface area contributed by atoms with Crippen molar-refractivity contribution < 1.29 is 9.59 Å². The Kier molecular flexibility index (Phi) is 4.72. The van der Waals surface area contributed by atoms with Crippen LogP contribution in [0.2, 0.25) is 0 Å². The fourth-order valence-corrected chi connectivity index (χ4v) is 8.11. The predicted molar refractivity (Wildman–Crippen MR) is 108 cm³/mol. The summed E-state index contributed by atoms with van der Waals surface area (Å²) in [5.41, 5.74) is 5.69. The predicted octanol–water partition coefficient (Wildman–Crippen LogP) is 2.93. The average Bonchev–Trinajstić information content (AvgIpc) is 2.67. The number of rotatable bonds is 4. The molecule has 0 unspecified atom stereocenters. The molecule has 0 atom stereocenters. The van der Waals surface area contributed by atoms with Gasteiger partial charge in [0.15, 0.2) is 0 Å². The van der Waals surface area contributed by atoms with Gasteiger partial charge in [-0.3, -0.25) is 14.5 Å². The van der Waals surface area contributed by atoms with Crippen LogP contribution in [0.1, 0.15) is 77.0 Å². The molecule has 0 aromatic carbocycles. The summed E-state index contributed by atoms with van der Waals surface area (Å²) in [7, 11) is 0.